The van der Waals surface area contributed by atoms with E-state index in [0.29, 0.717) is 36.8 Å². The van der Waals surface area contributed by atoms with Gasteiger partial charge in [0.05, 0.1) is 11.2 Å². The molecule has 0 aromatic carbocycles. The summed E-state index contributed by atoms with van der Waals surface area (Å²) < 4.78 is 7.90. The summed E-state index contributed by atoms with van der Waals surface area (Å²) >= 11 is 0. The second-order valence-corrected chi connectivity index (χ2v) is 8.11. The maximum Gasteiger partial charge on any atom is 0.334 e. The molecule has 2 aliphatic heterocycles. The first kappa shape index (κ1) is 19.9. The number of hydrogen-bond donors (Lipinski definition) is 0. The van der Waals surface area contributed by atoms with Crippen molar-refractivity contribution in [3.05, 3.63) is 79.2 Å². The van der Waals surface area contributed by atoms with Gasteiger partial charge in [-0.2, -0.15) is 5.10 Å². The lowest BCUT2D eigenvalue weighted by atomic mass is 9.83. The highest BCUT2D eigenvalue weighted by atomic mass is 16.6. The molecule has 2 unspecified atom stereocenters. The van der Waals surface area contributed by atoms with Gasteiger partial charge in [-0.05, 0) is 36.6 Å². The first-order valence-corrected chi connectivity index (χ1v) is 10.2. The first-order valence-electron chi connectivity index (χ1n) is 10.2. The molecule has 11 heteroatoms. The van der Waals surface area contributed by atoms with Gasteiger partial charge in [-0.3, -0.25) is 24.5 Å². The van der Waals surface area contributed by atoms with E-state index in [1.807, 2.05) is 0 Å². The van der Waals surface area contributed by atoms with Gasteiger partial charge in [0.2, 0.25) is 5.91 Å². The van der Waals surface area contributed by atoms with Crippen molar-refractivity contribution >= 4 is 11.6 Å². The number of pyridine rings is 1. The SMILES string of the molecule is O=C(Cn1nc(-c2ccco2)ccc1=O)N1CC2CC(C1)c1ccc([N+](=O)[O-])c(=O)n1C2. The molecule has 1 fully saturated rings. The molecule has 0 N–H and O–H groups in total. The molecule has 2 atom stereocenters. The topological polar surface area (TPSA) is 133 Å². The van der Waals surface area contributed by atoms with Gasteiger partial charge in [-0.25, -0.2) is 4.68 Å². The summed E-state index contributed by atoms with van der Waals surface area (Å²) in [6, 6.07) is 9.16. The van der Waals surface area contributed by atoms with Crippen molar-refractivity contribution in [2.45, 2.75) is 25.4 Å². The molecule has 1 amide bonds. The number of nitrogens with zero attached hydrogens (tertiary/aromatic N) is 5. The highest BCUT2D eigenvalue weighted by molar-refractivity contribution is 5.76. The highest BCUT2D eigenvalue weighted by Gasteiger charge is 2.37. The van der Waals surface area contributed by atoms with E-state index in [-0.39, 0.29) is 24.3 Å². The van der Waals surface area contributed by atoms with Gasteiger partial charge in [0.25, 0.3) is 5.56 Å². The number of aromatic nitrogens is 3. The van der Waals surface area contributed by atoms with Crippen molar-refractivity contribution in [2.75, 3.05) is 13.1 Å². The van der Waals surface area contributed by atoms with Crippen LogP contribution in [0, 0.1) is 16.0 Å². The maximum absolute atomic E-state index is 13.0. The van der Waals surface area contributed by atoms with Crippen molar-refractivity contribution < 1.29 is 14.1 Å². The number of fused-ring (bicyclic) bond motifs is 4. The van der Waals surface area contributed by atoms with Crippen LogP contribution in [0.5, 0.6) is 0 Å². The molecule has 2 aliphatic rings. The van der Waals surface area contributed by atoms with Crippen molar-refractivity contribution in [1.29, 1.82) is 0 Å². The Balaban J connectivity index is 1.37. The zero-order valence-electron chi connectivity index (χ0n) is 16.9. The maximum atomic E-state index is 13.0. The van der Waals surface area contributed by atoms with Crippen LogP contribution in [-0.4, -0.2) is 43.2 Å². The number of carbonyl (C=O) groups excluding carboxylic acids is 1. The summed E-state index contributed by atoms with van der Waals surface area (Å²) in [4.78, 5) is 49.9. The number of amides is 1. The van der Waals surface area contributed by atoms with Crippen molar-refractivity contribution in [1.82, 2.24) is 19.2 Å². The van der Waals surface area contributed by atoms with E-state index in [1.165, 1.54) is 23.0 Å². The molecule has 0 aliphatic carbocycles. The largest absolute Gasteiger partial charge is 0.463 e. The fourth-order valence-corrected chi connectivity index (χ4v) is 4.62. The Morgan fingerprint density at radius 3 is 2.75 bits per heavy atom. The van der Waals surface area contributed by atoms with Crippen molar-refractivity contribution in [3.8, 4) is 11.5 Å². The van der Waals surface area contributed by atoms with Crippen LogP contribution in [0.4, 0.5) is 5.69 Å². The van der Waals surface area contributed by atoms with E-state index in [0.717, 1.165) is 11.1 Å². The first-order chi connectivity index (χ1) is 15.4. The van der Waals surface area contributed by atoms with Crippen LogP contribution >= 0.6 is 0 Å². The predicted molar refractivity (Wildman–Crippen MR) is 111 cm³/mol. The summed E-state index contributed by atoms with van der Waals surface area (Å²) in [7, 11) is 0. The van der Waals surface area contributed by atoms with Gasteiger partial charge in [0.1, 0.15) is 12.2 Å². The third kappa shape index (κ3) is 3.41. The molecule has 32 heavy (non-hydrogen) atoms. The Morgan fingerprint density at radius 2 is 2.00 bits per heavy atom. The van der Waals surface area contributed by atoms with Crippen molar-refractivity contribution in [3.63, 3.8) is 0 Å². The van der Waals surface area contributed by atoms with E-state index in [1.54, 1.807) is 29.2 Å². The minimum absolute atomic E-state index is 0.00374. The summed E-state index contributed by atoms with van der Waals surface area (Å²) in [5.41, 5.74) is -0.289. The lowest BCUT2D eigenvalue weighted by Gasteiger charge is -2.42. The molecule has 164 valence electrons. The smallest absolute Gasteiger partial charge is 0.334 e. The van der Waals surface area contributed by atoms with E-state index in [9.17, 15) is 24.5 Å². The van der Waals surface area contributed by atoms with Crippen LogP contribution in [0.1, 0.15) is 18.0 Å². The van der Waals surface area contributed by atoms with E-state index < -0.39 is 21.7 Å². The normalized spacial score (nSPS) is 19.4. The number of carbonyl (C=O) groups is 1. The zero-order chi connectivity index (χ0) is 22.4. The van der Waals surface area contributed by atoms with Crippen LogP contribution < -0.4 is 11.1 Å². The highest BCUT2D eigenvalue weighted by Crippen LogP contribution is 2.35. The number of piperidine rings is 1. The Bertz CT molecular complexity index is 1330. The van der Waals surface area contributed by atoms with Gasteiger partial charge in [-0.1, -0.05) is 0 Å². The van der Waals surface area contributed by atoms with Gasteiger partial charge in [0.15, 0.2) is 5.76 Å². The minimum Gasteiger partial charge on any atom is -0.463 e. The van der Waals surface area contributed by atoms with Crippen LogP contribution in [0.2, 0.25) is 0 Å². The number of likely N-dealkylation sites (tertiary alicyclic amines) is 1. The molecule has 5 heterocycles. The summed E-state index contributed by atoms with van der Waals surface area (Å²) in [6.07, 6.45) is 2.30. The number of furan rings is 1. The standard InChI is InChI=1S/C21H19N5O6/c27-19-6-3-15(18-2-1-7-32-18)22-25(19)12-20(28)23-9-13-8-14(11-23)16-4-5-17(26(30)31)21(29)24(16)10-13/h1-7,13-14H,8-12H2. The Morgan fingerprint density at radius 1 is 1.16 bits per heavy atom. The molecular formula is C21H19N5O6. The lowest BCUT2D eigenvalue weighted by molar-refractivity contribution is -0.386. The molecule has 0 radical (unpaired) electrons. The van der Waals surface area contributed by atoms with Crippen LogP contribution in [0.15, 0.2) is 56.7 Å². The molecule has 11 nitrogen and oxygen atoms in total. The van der Waals surface area contributed by atoms with Gasteiger partial charge in [-0.15, -0.1) is 0 Å². The molecule has 1 saturated heterocycles. The summed E-state index contributed by atoms with van der Waals surface area (Å²) in [5, 5.41) is 15.3. The molecule has 2 bridgehead atoms. The average Bonchev–Trinajstić information content (AvgIpc) is 3.30. The van der Waals surface area contributed by atoms with Gasteiger partial charge < -0.3 is 13.9 Å². The van der Waals surface area contributed by atoms with Gasteiger partial charge >= 0.3 is 11.2 Å². The molecule has 5 rings (SSSR count). The lowest BCUT2D eigenvalue weighted by Crippen LogP contribution is -2.50. The number of rotatable bonds is 4. The minimum atomic E-state index is -0.669. The Kier molecular flexibility index (Phi) is 4.72. The fraction of sp³-hybridized carbons (Fsp3) is 0.333. The van der Waals surface area contributed by atoms with E-state index in [2.05, 4.69) is 5.10 Å². The summed E-state index contributed by atoms with van der Waals surface area (Å²) in [5.74, 6) is 0.154. The van der Waals surface area contributed by atoms with Gasteiger partial charge in [0, 0.05) is 43.4 Å². The van der Waals surface area contributed by atoms with E-state index in [4.69, 9.17) is 4.42 Å². The predicted octanol–water partition coefficient (Wildman–Crippen LogP) is 1.22. The van der Waals surface area contributed by atoms with Crippen molar-refractivity contribution in [2.24, 2.45) is 5.92 Å². The van der Waals surface area contributed by atoms with E-state index >= 15 is 0 Å². The average molecular weight is 437 g/mol. The van der Waals surface area contributed by atoms with Crippen LogP contribution in [0.3, 0.4) is 0 Å². The molecule has 0 saturated carbocycles. The molecular weight excluding hydrogens is 418 g/mol. The third-order valence-electron chi connectivity index (χ3n) is 6.06. The number of hydrogen-bond acceptors (Lipinski definition) is 7. The second kappa shape index (κ2) is 7.59. The van der Waals surface area contributed by atoms with Crippen LogP contribution in [0.25, 0.3) is 11.5 Å². The quantitative estimate of drug-likeness (QED) is 0.442. The fourth-order valence-electron chi connectivity index (χ4n) is 4.62. The Labute approximate surface area is 180 Å². The Hall–Kier alpha value is -4.02. The third-order valence-corrected chi connectivity index (χ3v) is 6.06. The zero-order valence-corrected chi connectivity index (χ0v) is 16.9. The molecule has 3 aromatic heterocycles. The summed E-state index contributed by atoms with van der Waals surface area (Å²) in [6.45, 7) is 0.901. The second-order valence-electron chi connectivity index (χ2n) is 8.11. The number of nitro groups is 1. The van der Waals surface area contributed by atoms with Crippen LogP contribution in [-0.2, 0) is 17.9 Å². The molecule has 0 spiro atoms. The monoisotopic (exact) mass is 437 g/mol. The molecule has 3 aromatic rings.